The molecule has 1 heteroatoms. The average Bonchev–Trinajstić information content (AvgIpc) is 3.33. The second-order valence-electron chi connectivity index (χ2n) is 10.2. The van der Waals surface area contributed by atoms with Gasteiger partial charge in [0.25, 0.3) is 0 Å². The first-order valence-corrected chi connectivity index (χ1v) is 12.2. The largest absolute Gasteiger partial charge is 0.309 e. The Morgan fingerprint density at radius 1 is 0.735 bits per heavy atom. The molecule has 0 saturated heterocycles. The molecule has 4 aromatic carbocycles. The van der Waals surface area contributed by atoms with E-state index in [0.717, 1.165) is 6.42 Å². The molecule has 1 unspecified atom stereocenters. The summed E-state index contributed by atoms with van der Waals surface area (Å²) in [6.07, 6.45) is 5.90. The van der Waals surface area contributed by atoms with Crippen molar-refractivity contribution in [1.82, 2.24) is 4.57 Å². The molecule has 2 aliphatic carbocycles. The van der Waals surface area contributed by atoms with Gasteiger partial charge in [-0.1, -0.05) is 92.7 Å². The highest BCUT2D eigenvalue weighted by molar-refractivity contribution is 6.09. The van der Waals surface area contributed by atoms with Gasteiger partial charge in [-0.3, -0.25) is 0 Å². The summed E-state index contributed by atoms with van der Waals surface area (Å²) in [6.45, 7) is 4.73. The van der Waals surface area contributed by atoms with Gasteiger partial charge in [0.1, 0.15) is 0 Å². The molecular formula is C33H27N. The fourth-order valence-electron chi connectivity index (χ4n) is 6.29. The van der Waals surface area contributed by atoms with E-state index in [1.54, 1.807) is 0 Å². The molecule has 1 heterocycles. The van der Waals surface area contributed by atoms with Gasteiger partial charge < -0.3 is 4.57 Å². The highest BCUT2D eigenvalue weighted by Crippen LogP contribution is 2.52. The van der Waals surface area contributed by atoms with E-state index in [2.05, 4.69) is 128 Å². The molecule has 0 saturated carbocycles. The molecule has 2 aliphatic rings. The van der Waals surface area contributed by atoms with E-state index in [9.17, 15) is 0 Å². The van der Waals surface area contributed by atoms with Crippen LogP contribution < -0.4 is 0 Å². The molecule has 0 amide bonds. The Morgan fingerprint density at radius 2 is 1.47 bits per heavy atom. The lowest BCUT2D eigenvalue weighted by molar-refractivity contribution is 0.649. The van der Waals surface area contributed by atoms with Crippen LogP contribution in [0.25, 0.3) is 33.1 Å². The Balaban J connectivity index is 1.36. The third-order valence-electron chi connectivity index (χ3n) is 7.98. The predicted molar refractivity (Wildman–Crippen MR) is 144 cm³/mol. The summed E-state index contributed by atoms with van der Waals surface area (Å²) in [5, 5.41) is 2.65. The minimum atomic E-state index is 0.0838. The average molecular weight is 438 g/mol. The predicted octanol–water partition coefficient (Wildman–Crippen LogP) is 8.57. The van der Waals surface area contributed by atoms with E-state index >= 15 is 0 Å². The first-order chi connectivity index (χ1) is 16.6. The third-order valence-corrected chi connectivity index (χ3v) is 7.98. The number of benzene rings is 4. The van der Waals surface area contributed by atoms with Crippen LogP contribution in [0, 0.1) is 0 Å². The van der Waals surface area contributed by atoms with E-state index in [4.69, 9.17) is 0 Å². The van der Waals surface area contributed by atoms with E-state index in [1.807, 2.05) is 0 Å². The van der Waals surface area contributed by atoms with Crippen LogP contribution in [0.2, 0.25) is 0 Å². The van der Waals surface area contributed by atoms with Crippen molar-refractivity contribution >= 4 is 27.4 Å². The number of fused-ring (bicyclic) bond motifs is 5. The van der Waals surface area contributed by atoms with Crippen molar-refractivity contribution in [3.8, 4) is 5.69 Å². The summed E-state index contributed by atoms with van der Waals surface area (Å²) < 4.78 is 2.39. The Bertz CT molecular complexity index is 1640. The maximum absolute atomic E-state index is 2.43. The fraction of sp³-hybridized carbons (Fsp3) is 0.152. The summed E-state index contributed by atoms with van der Waals surface area (Å²) in [5.41, 5.74) is 11.1. The van der Waals surface area contributed by atoms with Gasteiger partial charge in [0.2, 0.25) is 0 Å². The van der Waals surface area contributed by atoms with Gasteiger partial charge in [-0.15, -0.1) is 0 Å². The summed E-state index contributed by atoms with van der Waals surface area (Å²) >= 11 is 0. The van der Waals surface area contributed by atoms with Crippen LogP contribution >= 0.6 is 0 Å². The second-order valence-corrected chi connectivity index (χ2v) is 10.2. The lowest BCUT2D eigenvalue weighted by Crippen LogP contribution is -2.17. The molecule has 0 fully saturated rings. The number of para-hydroxylation sites is 2. The van der Waals surface area contributed by atoms with Gasteiger partial charge in [0, 0.05) is 27.8 Å². The summed E-state index contributed by atoms with van der Waals surface area (Å²) in [7, 11) is 0. The van der Waals surface area contributed by atoms with E-state index in [-0.39, 0.29) is 5.41 Å². The van der Waals surface area contributed by atoms with Crippen LogP contribution in [-0.2, 0) is 5.41 Å². The smallest absolute Gasteiger partial charge is 0.0541 e. The van der Waals surface area contributed by atoms with Gasteiger partial charge in [-0.25, -0.2) is 0 Å². The van der Waals surface area contributed by atoms with Crippen molar-refractivity contribution in [2.45, 2.75) is 31.6 Å². The molecule has 7 rings (SSSR count). The van der Waals surface area contributed by atoms with Gasteiger partial charge in [-0.2, -0.15) is 0 Å². The minimum absolute atomic E-state index is 0.0838. The van der Waals surface area contributed by atoms with Crippen molar-refractivity contribution < 1.29 is 0 Å². The standard InChI is InChI=1S/C33H27N/c1-33(2)29-14-8-6-12-25(29)27-20-22(16-18-30(27)33)23-17-19-32-28(21-23)26-13-7-9-15-31(26)34(32)24-10-4-3-5-11-24/h3-19,21-22H,20H2,1-2H3. The topological polar surface area (TPSA) is 4.93 Å². The zero-order valence-corrected chi connectivity index (χ0v) is 19.6. The second kappa shape index (κ2) is 7.08. The molecule has 0 radical (unpaired) electrons. The molecule has 0 bridgehead atoms. The summed E-state index contributed by atoms with van der Waals surface area (Å²) in [6, 6.07) is 35.5. The summed E-state index contributed by atoms with van der Waals surface area (Å²) in [4.78, 5) is 0. The van der Waals surface area contributed by atoms with Crippen molar-refractivity contribution in [3.63, 3.8) is 0 Å². The van der Waals surface area contributed by atoms with Gasteiger partial charge in [0.05, 0.1) is 11.0 Å². The molecule has 1 nitrogen and oxygen atoms in total. The van der Waals surface area contributed by atoms with Gasteiger partial charge in [0.15, 0.2) is 0 Å². The third kappa shape index (κ3) is 2.67. The molecule has 5 aromatic rings. The van der Waals surface area contributed by atoms with Crippen LogP contribution in [0.4, 0.5) is 0 Å². The van der Waals surface area contributed by atoms with Gasteiger partial charge in [-0.05, 0) is 64.6 Å². The number of nitrogens with zero attached hydrogens (tertiary/aromatic N) is 1. The van der Waals surface area contributed by atoms with Crippen molar-refractivity contribution in [3.05, 3.63) is 131 Å². The Kier molecular flexibility index (Phi) is 4.08. The number of aromatic nitrogens is 1. The molecule has 0 spiro atoms. The number of hydrogen-bond donors (Lipinski definition) is 0. The molecular weight excluding hydrogens is 410 g/mol. The van der Waals surface area contributed by atoms with Crippen molar-refractivity contribution in [2.24, 2.45) is 0 Å². The van der Waals surface area contributed by atoms with Crippen LogP contribution in [0.3, 0.4) is 0 Å². The molecule has 0 N–H and O–H groups in total. The highest BCUT2D eigenvalue weighted by atomic mass is 15.0. The first-order valence-electron chi connectivity index (χ1n) is 12.2. The van der Waals surface area contributed by atoms with E-state index < -0.39 is 0 Å². The van der Waals surface area contributed by atoms with Crippen LogP contribution in [0.5, 0.6) is 0 Å². The normalized spacial score (nSPS) is 18.5. The SMILES string of the molecule is CC1(C)C2=C(CC(c3ccc4c(c3)c3ccccc3n4-c3ccccc3)C=C2)c2ccccc21. The molecule has 1 aromatic heterocycles. The van der Waals surface area contributed by atoms with E-state index in [1.165, 1.54) is 55.3 Å². The van der Waals surface area contributed by atoms with Crippen LogP contribution in [0.1, 0.15) is 42.9 Å². The van der Waals surface area contributed by atoms with Crippen molar-refractivity contribution in [1.29, 1.82) is 0 Å². The monoisotopic (exact) mass is 437 g/mol. The fourth-order valence-corrected chi connectivity index (χ4v) is 6.29. The highest BCUT2D eigenvalue weighted by Gasteiger charge is 2.38. The van der Waals surface area contributed by atoms with Gasteiger partial charge >= 0.3 is 0 Å². The van der Waals surface area contributed by atoms with Crippen LogP contribution in [-0.4, -0.2) is 4.57 Å². The summed E-state index contributed by atoms with van der Waals surface area (Å²) in [5.74, 6) is 0.393. The molecule has 34 heavy (non-hydrogen) atoms. The van der Waals surface area contributed by atoms with Crippen molar-refractivity contribution in [2.75, 3.05) is 0 Å². The number of rotatable bonds is 2. The van der Waals surface area contributed by atoms with Crippen LogP contribution in [0.15, 0.2) is 115 Å². The number of hydrogen-bond acceptors (Lipinski definition) is 0. The Labute approximate surface area is 200 Å². The molecule has 1 atom stereocenters. The molecule has 164 valence electrons. The Morgan fingerprint density at radius 3 is 2.35 bits per heavy atom. The Hall–Kier alpha value is -3.84. The lowest BCUT2D eigenvalue weighted by Gasteiger charge is -2.26. The zero-order chi connectivity index (χ0) is 22.9. The lowest BCUT2D eigenvalue weighted by atomic mass is 9.78. The number of allylic oxidation sites excluding steroid dienone is 4. The van der Waals surface area contributed by atoms with E-state index in [0.29, 0.717) is 5.92 Å². The molecule has 0 aliphatic heterocycles. The minimum Gasteiger partial charge on any atom is -0.309 e. The zero-order valence-electron chi connectivity index (χ0n) is 19.6. The maximum atomic E-state index is 2.43. The first kappa shape index (κ1) is 19.6. The maximum Gasteiger partial charge on any atom is 0.0541 e. The quantitative estimate of drug-likeness (QED) is 0.261.